The molecule has 162 valence electrons. The lowest BCUT2D eigenvalue weighted by Crippen LogP contribution is -2.52. The number of alkyl carbamates (subject to hydrolysis) is 1. The third kappa shape index (κ3) is 2.28. The Labute approximate surface area is 192 Å². The smallest absolute Gasteiger partial charge is 0.407 e. The van der Waals surface area contributed by atoms with Crippen LogP contribution >= 0.6 is 15.9 Å². The minimum absolute atomic E-state index is 0.374. The zero-order valence-electron chi connectivity index (χ0n) is 17.0. The number of carbonyl (C=O) groups is 1. The van der Waals surface area contributed by atoms with Gasteiger partial charge in [-0.05, 0) is 23.3 Å². The highest BCUT2D eigenvalue weighted by Crippen LogP contribution is 2.69. The Kier molecular flexibility index (Phi) is 4.10. The molecule has 8 heteroatoms. The number of halogens is 1. The minimum Gasteiger partial charge on any atom is -0.495 e. The van der Waals surface area contributed by atoms with E-state index in [0.29, 0.717) is 17.1 Å². The second-order valence-electron chi connectivity index (χ2n) is 8.21. The average Bonchev–Trinajstić information content (AvgIpc) is 3.37. The molecule has 3 aromatic rings. The molecule has 0 unspecified atom stereocenters. The van der Waals surface area contributed by atoms with Gasteiger partial charge in [-0.1, -0.05) is 58.4 Å². The number of hydrogen-bond acceptors (Lipinski definition) is 6. The van der Waals surface area contributed by atoms with Crippen molar-refractivity contribution in [3.63, 3.8) is 0 Å². The molecule has 0 radical (unpaired) electrons. The van der Waals surface area contributed by atoms with Crippen LogP contribution in [0, 0.1) is 0 Å². The molecule has 1 aliphatic carbocycles. The van der Waals surface area contributed by atoms with Gasteiger partial charge in [-0.2, -0.15) is 0 Å². The van der Waals surface area contributed by atoms with Crippen molar-refractivity contribution in [1.82, 2.24) is 10.3 Å². The molecule has 0 spiro atoms. The van der Waals surface area contributed by atoms with Crippen molar-refractivity contribution in [1.29, 1.82) is 0 Å². The standard InChI is InChI=1S/C24H19BrN2O5/c1-30-16-11-26-12-17-19(16)23(29)21-20(27-22(28)31-21)18(13-5-3-2-4-6-13)24(23,32-17)14-7-9-15(25)10-8-14/h2-12,18,20-21,29H,1H3,(H,27,28)/t18-,20-,21-,23+,24+/m1/s1. The van der Waals surface area contributed by atoms with Crippen LogP contribution in [0.4, 0.5) is 4.79 Å². The molecular formula is C24H19BrN2O5. The number of carbonyl (C=O) groups excluding carboxylic acids is 1. The monoisotopic (exact) mass is 494 g/mol. The maximum absolute atomic E-state index is 12.6. The number of methoxy groups -OCH3 is 1. The van der Waals surface area contributed by atoms with Crippen molar-refractivity contribution in [2.75, 3.05) is 7.11 Å². The van der Waals surface area contributed by atoms with Crippen LogP contribution in [-0.2, 0) is 15.9 Å². The number of rotatable bonds is 3. The van der Waals surface area contributed by atoms with Gasteiger partial charge < -0.3 is 24.6 Å². The molecule has 1 amide bonds. The largest absolute Gasteiger partial charge is 0.495 e. The quantitative estimate of drug-likeness (QED) is 0.578. The van der Waals surface area contributed by atoms with Gasteiger partial charge in [-0.25, -0.2) is 4.79 Å². The topological polar surface area (TPSA) is 89.9 Å². The number of nitrogens with one attached hydrogen (secondary N) is 1. The lowest BCUT2D eigenvalue weighted by Gasteiger charge is -2.41. The number of aliphatic hydroxyl groups is 1. The number of aromatic nitrogens is 1. The second-order valence-corrected chi connectivity index (χ2v) is 9.13. The van der Waals surface area contributed by atoms with Crippen LogP contribution < -0.4 is 14.8 Å². The maximum Gasteiger partial charge on any atom is 0.407 e. The molecule has 3 aliphatic rings. The van der Waals surface area contributed by atoms with E-state index in [2.05, 4.69) is 26.2 Å². The first kappa shape index (κ1) is 19.6. The van der Waals surface area contributed by atoms with Gasteiger partial charge in [0, 0.05) is 4.47 Å². The molecule has 6 rings (SSSR count). The fourth-order valence-electron chi connectivity index (χ4n) is 5.67. The molecule has 2 fully saturated rings. The van der Waals surface area contributed by atoms with Crippen LogP contribution in [0.15, 0.2) is 71.5 Å². The first-order valence-corrected chi connectivity index (χ1v) is 11.0. The van der Waals surface area contributed by atoms with Crippen LogP contribution in [-0.4, -0.2) is 35.4 Å². The molecule has 32 heavy (non-hydrogen) atoms. The number of hydrogen-bond donors (Lipinski definition) is 2. The summed E-state index contributed by atoms with van der Waals surface area (Å²) < 4.78 is 18.9. The molecule has 2 aliphatic heterocycles. The Morgan fingerprint density at radius 1 is 1.12 bits per heavy atom. The Bertz CT molecular complexity index is 1220. The Hall–Kier alpha value is -3.10. The summed E-state index contributed by atoms with van der Waals surface area (Å²) in [7, 11) is 1.51. The lowest BCUT2D eigenvalue weighted by molar-refractivity contribution is -0.147. The number of nitrogens with zero attached hydrogens (tertiary/aromatic N) is 1. The molecule has 1 saturated heterocycles. The summed E-state index contributed by atoms with van der Waals surface area (Å²) in [4.78, 5) is 16.6. The van der Waals surface area contributed by atoms with E-state index >= 15 is 0 Å². The molecule has 3 heterocycles. The van der Waals surface area contributed by atoms with Crippen LogP contribution in [0.5, 0.6) is 11.5 Å². The van der Waals surface area contributed by atoms with Crippen molar-refractivity contribution < 1.29 is 24.1 Å². The van der Waals surface area contributed by atoms with Crippen LogP contribution in [0.2, 0.25) is 0 Å². The van der Waals surface area contributed by atoms with E-state index in [0.717, 1.165) is 15.6 Å². The number of benzene rings is 2. The molecule has 0 bridgehead atoms. The van der Waals surface area contributed by atoms with Crippen molar-refractivity contribution in [2.24, 2.45) is 0 Å². The number of pyridine rings is 1. The van der Waals surface area contributed by atoms with Crippen molar-refractivity contribution in [3.05, 3.63) is 88.2 Å². The van der Waals surface area contributed by atoms with E-state index in [9.17, 15) is 9.90 Å². The summed E-state index contributed by atoms with van der Waals surface area (Å²) in [5, 5.41) is 15.6. The third-order valence-electron chi connectivity index (χ3n) is 6.80. The summed E-state index contributed by atoms with van der Waals surface area (Å²) in [5.41, 5.74) is -0.928. The molecule has 5 atom stereocenters. The van der Waals surface area contributed by atoms with Crippen molar-refractivity contribution >= 4 is 22.0 Å². The fourth-order valence-corrected chi connectivity index (χ4v) is 5.94. The van der Waals surface area contributed by atoms with E-state index in [-0.39, 0.29) is 0 Å². The molecule has 2 aromatic carbocycles. The van der Waals surface area contributed by atoms with Gasteiger partial charge in [0.2, 0.25) is 0 Å². The highest BCUT2D eigenvalue weighted by Gasteiger charge is 2.80. The van der Waals surface area contributed by atoms with Gasteiger partial charge in [-0.3, -0.25) is 4.98 Å². The summed E-state index contributed by atoms with van der Waals surface area (Å²) in [6.07, 6.45) is 1.63. The summed E-state index contributed by atoms with van der Waals surface area (Å²) in [6, 6.07) is 16.8. The zero-order valence-corrected chi connectivity index (χ0v) is 18.6. The Morgan fingerprint density at radius 2 is 1.88 bits per heavy atom. The molecular weight excluding hydrogens is 476 g/mol. The van der Waals surface area contributed by atoms with Gasteiger partial charge >= 0.3 is 6.09 Å². The Morgan fingerprint density at radius 3 is 2.59 bits per heavy atom. The highest BCUT2D eigenvalue weighted by atomic mass is 79.9. The lowest BCUT2D eigenvalue weighted by atomic mass is 9.71. The number of ether oxygens (including phenoxy) is 3. The van der Waals surface area contributed by atoms with E-state index in [1.807, 2.05) is 54.6 Å². The number of fused-ring (bicyclic) bond motifs is 5. The summed E-state index contributed by atoms with van der Waals surface area (Å²) in [6.45, 7) is 0. The predicted molar refractivity (Wildman–Crippen MR) is 118 cm³/mol. The van der Waals surface area contributed by atoms with Crippen molar-refractivity contribution in [2.45, 2.75) is 29.3 Å². The van der Waals surface area contributed by atoms with Crippen LogP contribution in [0.1, 0.15) is 22.6 Å². The van der Waals surface area contributed by atoms with Gasteiger partial charge in [-0.15, -0.1) is 0 Å². The molecule has 7 nitrogen and oxygen atoms in total. The highest BCUT2D eigenvalue weighted by molar-refractivity contribution is 9.10. The molecule has 1 aromatic heterocycles. The van der Waals surface area contributed by atoms with Crippen molar-refractivity contribution in [3.8, 4) is 11.5 Å². The van der Waals surface area contributed by atoms with E-state index in [1.165, 1.54) is 13.3 Å². The molecule has 2 N–H and O–H groups in total. The molecule has 1 saturated carbocycles. The average molecular weight is 495 g/mol. The van der Waals surface area contributed by atoms with E-state index in [4.69, 9.17) is 14.2 Å². The fraction of sp³-hybridized carbons (Fsp3) is 0.250. The van der Waals surface area contributed by atoms with Gasteiger partial charge in [0.1, 0.15) is 11.5 Å². The van der Waals surface area contributed by atoms with E-state index < -0.39 is 35.4 Å². The van der Waals surface area contributed by atoms with Gasteiger partial charge in [0.25, 0.3) is 0 Å². The van der Waals surface area contributed by atoms with Gasteiger partial charge in [0.15, 0.2) is 17.3 Å². The van der Waals surface area contributed by atoms with Crippen LogP contribution in [0.25, 0.3) is 0 Å². The second kappa shape index (κ2) is 6.70. The minimum atomic E-state index is -1.73. The summed E-state index contributed by atoms with van der Waals surface area (Å²) >= 11 is 3.49. The first-order chi connectivity index (χ1) is 15.5. The maximum atomic E-state index is 12.6. The first-order valence-electron chi connectivity index (χ1n) is 10.2. The zero-order chi connectivity index (χ0) is 22.1. The number of amides is 1. The normalized spacial score (nSPS) is 31.7. The van der Waals surface area contributed by atoms with Crippen LogP contribution in [0.3, 0.4) is 0 Å². The Balaban J connectivity index is 1.70. The SMILES string of the molecule is COc1cncc2c1[C@]1(O)[C@@H]3OC(=O)N[C@@H]3[C@@H](c3ccccc3)[C@]1(c1ccc(Br)cc1)O2. The third-order valence-corrected chi connectivity index (χ3v) is 7.33. The van der Waals surface area contributed by atoms with Gasteiger partial charge in [0.05, 0.1) is 37.0 Å². The van der Waals surface area contributed by atoms with E-state index in [1.54, 1.807) is 6.20 Å². The predicted octanol–water partition coefficient (Wildman–Crippen LogP) is 3.60. The summed E-state index contributed by atoms with van der Waals surface area (Å²) in [5.74, 6) is 0.319.